The van der Waals surface area contributed by atoms with E-state index in [2.05, 4.69) is 35.3 Å². The zero-order valence-electron chi connectivity index (χ0n) is 11.8. The molecule has 0 atom stereocenters. The number of carbonyl (C=O) groups excluding carboxylic acids is 1. The van der Waals surface area contributed by atoms with Crippen LogP contribution in [-0.4, -0.2) is 26.0 Å². The number of piperidine rings is 1. The average Bonchev–Trinajstić information content (AvgIpc) is 2.46. The molecule has 104 valence electrons. The average molecular weight is 261 g/mol. The number of hydrogen-bond donors (Lipinski definition) is 2. The summed E-state index contributed by atoms with van der Waals surface area (Å²) in [5.74, 6) is 0.347. The van der Waals surface area contributed by atoms with Gasteiger partial charge in [-0.1, -0.05) is 6.07 Å². The van der Waals surface area contributed by atoms with Gasteiger partial charge < -0.3 is 16.0 Å². The van der Waals surface area contributed by atoms with Gasteiger partial charge in [0, 0.05) is 38.3 Å². The minimum atomic E-state index is 0.172. The number of benzene rings is 1. The Morgan fingerprint density at radius 2 is 2.11 bits per heavy atom. The fourth-order valence-electron chi connectivity index (χ4n) is 2.71. The van der Waals surface area contributed by atoms with E-state index in [0.717, 1.165) is 25.9 Å². The predicted molar refractivity (Wildman–Crippen MR) is 78.1 cm³/mol. The molecule has 0 unspecified atom stereocenters. The zero-order valence-corrected chi connectivity index (χ0v) is 11.8. The fourth-order valence-corrected chi connectivity index (χ4v) is 2.71. The molecular weight excluding hydrogens is 238 g/mol. The number of amides is 1. The Labute approximate surface area is 115 Å². The van der Waals surface area contributed by atoms with E-state index in [9.17, 15) is 4.79 Å². The Morgan fingerprint density at radius 1 is 1.42 bits per heavy atom. The first kappa shape index (κ1) is 13.9. The normalized spacial score (nSPS) is 16.5. The molecule has 1 aromatic carbocycles. The van der Waals surface area contributed by atoms with Crippen molar-refractivity contribution in [3.63, 3.8) is 0 Å². The van der Waals surface area contributed by atoms with Crippen molar-refractivity contribution in [3.05, 3.63) is 29.3 Å². The van der Waals surface area contributed by atoms with Gasteiger partial charge in [-0.25, -0.2) is 0 Å². The molecule has 0 spiro atoms. The number of nitrogens with two attached hydrogens (primary N) is 1. The molecule has 1 aliphatic heterocycles. The zero-order chi connectivity index (χ0) is 13.8. The van der Waals surface area contributed by atoms with Gasteiger partial charge in [0.15, 0.2) is 0 Å². The lowest BCUT2D eigenvalue weighted by atomic mass is 9.95. The van der Waals surface area contributed by atoms with E-state index >= 15 is 0 Å². The molecule has 1 fully saturated rings. The number of nitrogens with zero attached hydrogens (tertiary/aromatic N) is 1. The standard InChI is InChI=1S/C15H23N3O/c1-11-9-14(4-3-13(11)10-16)18-7-5-12(6-8-18)15(19)17-2/h3-4,9,12H,5-8,10,16H2,1-2H3,(H,17,19). The second-order valence-electron chi connectivity index (χ2n) is 5.19. The Kier molecular flexibility index (Phi) is 4.43. The minimum absolute atomic E-state index is 0.172. The lowest BCUT2D eigenvalue weighted by Gasteiger charge is -2.33. The highest BCUT2D eigenvalue weighted by atomic mass is 16.1. The van der Waals surface area contributed by atoms with Gasteiger partial charge in [-0.3, -0.25) is 4.79 Å². The molecule has 1 saturated heterocycles. The maximum Gasteiger partial charge on any atom is 0.222 e. The van der Waals surface area contributed by atoms with Crippen LogP contribution in [0.5, 0.6) is 0 Å². The van der Waals surface area contributed by atoms with Crippen molar-refractivity contribution in [3.8, 4) is 0 Å². The van der Waals surface area contributed by atoms with Gasteiger partial charge in [0.25, 0.3) is 0 Å². The van der Waals surface area contributed by atoms with Gasteiger partial charge in [0.2, 0.25) is 5.91 Å². The quantitative estimate of drug-likeness (QED) is 0.865. The molecule has 0 aromatic heterocycles. The van der Waals surface area contributed by atoms with E-state index in [1.807, 2.05) is 0 Å². The van der Waals surface area contributed by atoms with Crippen LogP contribution in [0.1, 0.15) is 24.0 Å². The number of hydrogen-bond acceptors (Lipinski definition) is 3. The fraction of sp³-hybridized carbons (Fsp3) is 0.533. The van der Waals surface area contributed by atoms with Crippen LogP contribution >= 0.6 is 0 Å². The molecule has 3 N–H and O–H groups in total. The topological polar surface area (TPSA) is 58.4 Å². The minimum Gasteiger partial charge on any atom is -0.371 e. The smallest absolute Gasteiger partial charge is 0.222 e. The predicted octanol–water partition coefficient (Wildman–Crippen LogP) is 1.42. The molecule has 1 aliphatic rings. The second-order valence-corrected chi connectivity index (χ2v) is 5.19. The van der Waals surface area contributed by atoms with E-state index in [1.165, 1.54) is 16.8 Å². The summed E-state index contributed by atoms with van der Waals surface area (Å²) in [6, 6.07) is 6.44. The van der Waals surface area contributed by atoms with Crippen molar-refractivity contribution in [2.45, 2.75) is 26.3 Å². The first-order valence-electron chi connectivity index (χ1n) is 6.92. The number of aryl methyl sites for hydroxylation is 1. The first-order chi connectivity index (χ1) is 9.15. The lowest BCUT2D eigenvalue weighted by Crippen LogP contribution is -2.39. The third-order valence-corrected chi connectivity index (χ3v) is 4.02. The van der Waals surface area contributed by atoms with Crippen molar-refractivity contribution >= 4 is 11.6 Å². The summed E-state index contributed by atoms with van der Waals surface area (Å²) in [5, 5.41) is 2.74. The number of rotatable bonds is 3. The molecule has 4 heteroatoms. The Balaban J connectivity index is 2.01. The maximum atomic E-state index is 11.6. The van der Waals surface area contributed by atoms with Crippen LogP contribution in [0.25, 0.3) is 0 Å². The number of carbonyl (C=O) groups is 1. The lowest BCUT2D eigenvalue weighted by molar-refractivity contribution is -0.125. The van der Waals surface area contributed by atoms with Crippen molar-refractivity contribution in [1.82, 2.24) is 5.32 Å². The molecule has 4 nitrogen and oxygen atoms in total. The molecule has 0 bridgehead atoms. The van der Waals surface area contributed by atoms with Crippen LogP contribution in [0, 0.1) is 12.8 Å². The van der Waals surface area contributed by atoms with Gasteiger partial charge in [0.05, 0.1) is 0 Å². The first-order valence-corrected chi connectivity index (χ1v) is 6.92. The Hall–Kier alpha value is -1.55. The second kappa shape index (κ2) is 6.06. The molecule has 0 aliphatic carbocycles. The largest absolute Gasteiger partial charge is 0.371 e. The SMILES string of the molecule is CNC(=O)C1CCN(c2ccc(CN)c(C)c2)CC1. The van der Waals surface area contributed by atoms with Gasteiger partial charge in [0.1, 0.15) is 0 Å². The molecule has 0 saturated carbocycles. The summed E-state index contributed by atoms with van der Waals surface area (Å²) in [7, 11) is 1.71. The molecule has 1 heterocycles. The highest BCUT2D eigenvalue weighted by Gasteiger charge is 2.24. The van der Waals surface area contributed by atoms with E-state index in [0.29, 0.717) is 6.54 Å². The summed E-state index contributed by atoms with van der Waals surface area (Å²) in [6.45, 7) is 4.58. The Morgan fingerprint density at radius 3 is 2.63 bits per heavy atom. The maximum absolute atomic E-state index is 11.6. The molecule has 1 aromatic rings. The van der Waals surface area contributed by atoms with Crippen molar-refractivity contribution < 1.29 is 4.79 Å². The molecule has 19 heavy (non-hydrogen) atoms. The van der Waals surface area contributed by atoms with Crippen LogP contribution < -0.4 is 16.0 Å². The highest BCUT2D eigenvalue weighted by Crippen LogP contribution is 2.25. The number of anilines is 1. The molecule has 1 amide bonds. The van der Waals surface area contributed by atoms with Crippen molar-refractivity contribution in [1.29, 1.82) is 0 Å². The van der Waals surface area contributed by atoms with E-state index in [1.54, 1.807) is 7.05 Å². The Bertz CT molecular complexity index is 451. The van der Waals surface area contributed by atoms with Crippen LogP contribution in [0.15, 0.2) is 18.2 Å². The van der Waals surface area contributed by atoms with E-state index in [-0.39, 0.29) is 11.8 Å². The van der Waals surface area contributed by atoms with Gasteiger partial charge in [-0.05, 0) is 43.0 Å². The van der Waals surface area contributed by atoms with Gasteiger partial charge >= 0.3 is 0 Å². The summed E-state index contributed by atoms with van der Waals surface area (Å²) in [6.07, 6.45) is 1.86. The summed E-state index contributed by atoms with van der Waals surface area (Å²) in [5.41, 5.74) is 9.37. The summed E-state index contributed by atoms with van der Waals surface area (Å²) >= 11 is 0. The molecule has 2 rings (SSSR count). The molecular formula is C15H23N3O. The third kappa shape index (κ3) is 3.07. The van der Waals surface area contributed by atoms with E-state index < -0.39 is 0 Å². The van der Waals surface area contributed by atoms with E-state index in [4.69, 9.17) is 5.73 Å². The van der Waals surface area contributed by atoms with Crippen LogP contribution in [0.3, 0.4) is 0 Å². The van der Waals surface area contributed by atoms with Crippen molar-refractivity contribution in [2.24, 2.45) is 11.7 Å². The number of nitrogens with one attached hydrogen (secondary N) is 1. The molecule has 0 radical (unpaired) electrons. The monoisotopic (exact) mass is 261 g/mol. The summed E-state index contributed by atoms with van der Waals surface area (Å²) < 4.78 is 0. The van der Waals surface area contributed by atoms with Gasteiger partial charge in [-0.15, -0.1) is 0 Å². The summed E-state index contributed by atoms with van der Waals surface area (Å²) in [4.78, 5) is 14.0. The van der Waals surface area contributed by atoms with Crippen LogP contribution in [0.4, 0.5) is 5.69 Å². The van der Waals surface area contributed by atoms with Crippen LogP contribution in [-0.2, 0) is 11.3 Å². The highest BCUT2D eigenvalue weighted by molar-refractivity contribution is 5.78. The van der Waals surface area contributed by atoms with Crippen LogP contribution in [0.2, 0.25) is 0 Å². The van der Waals surface area contributed by atoms with Gasteiger partial charge in [-0.2, -0.15) is 0 Å². The van der Waals surface area contributed by atoms with Crippen molar-refractivity contribution in [2.75, 3.05) is 25.0 Å². The third-order valence-electron chi connectivity index (χ3n) is 4.02.